The highest BCUT2D eigenvalue weighted by atomic mass is 35.5. The lowest BCUT2D eigenvalue weighted by Crippen LogP contribution is -2.43. The summed E-state index contributed by atoms with van der Waals surface area (Å²) >= 11 is 0. The number of carbonyl (C=O) groups is 1. The zero-order valence-corrected chi connectivity index (χ0v) is 16.0. The maximum Gasteiger partial charge on any atom is 0.247 e. The summed E-state index contributed by atoms with van der Waals surface area (Å²) in [5.74, 6) is 0.603. The molecule has 0 aliphatic heterocycles. The molecule has 1 amide bonds. The van der Waals surface area contributed by atoms with Gasteiger partial charge in [0.25, 0.3) is 0 Å². The van der Waals surface area contributed by atoms with Gasteiger partial charge in [0.15, 0.2) is 0 Å². The van der Waals surface area contributed by atoms with Crippen molar-refractivity contribution in [2.75, 3.05) is 20.1 Å². The van der Waals surface area contributed by atoms with Gasteiger partial charge in [0.1, 0.15) is 11.9 Å². The molecule has 0 aliphatic rings. The van der Waals surface area contributed by atoms with Gasteiger partial charge >= 0.3 is 0 Å². The van der Waals surface area contributed by atoms with Gasteiger partial charge in [0.05, 0.1) is 0 Å². The van der Waals surface area contributed by atoms with E-state index in [0.717, 1.165) is 5.56 Å². The molecule has 138 valence electrons. The van der Waals surface area contributed by atoms with Gasteiger partial charge in [0.2, 0.25) is 5.91 Å². The summed E-state index contributed by atoms with van der Waals surface area (Å²) in [6, 6.07) is 9.42. The quantitative estimate of drug-likeness (QED) is 0.804. The average Bonchev–Trinajstić information content (AvgIpc) is 2.98. The minimum Gasteiger partial charge on any atom is -0.343 e. The van der Waals surface area contributed by atoms with Crippen molar-refractivity contribution in [2.24, 2.45) is 11.1 Å². The Morgan fingerprint density at radius 3 is 2.48 bits per heavy atom. The van der Waals surface area contributed by atoms with Crippen LogP contribution < -0.4 is 5.73 Å². The number of amides is 1. The highest BCUT2D eigenvalue weighted by Crippen LogP contribution is 2.20. The number of aromatic nitrogens is 4. The van der Waals surface area contributed by atoms with Crippen molar-refractivity contribution in [1.29, 1.82) is 0 Å². The lowest BCUT2D eigenvalue weighted by Gasteiger charge is -2.31. The molecule has 1 unspecified atom stereocenters. The number of aryl methyl sites for hydroxylation is 1. The molecule has 1 atom stereocenters. The first-order chi connectivity index (χ1) is 11.3. The van der Waals surface area contributed by atoms with Crippen LogP contribution in [0.25, 0.3) is 0 Å². The van der Waals surface area contributed by atoms with Gasteiger partial charge < -0.3 is 10.6 Å². The molecule has 7 nitrogen and oxygen atoms in total. The molecule has 0 fully saturated rings. The summed E-state index contributed by atoms with van der Waals surface area (Å²) in [4.78, 5) is 14.8. The van der Waals surface area contributed by atoms with E-state index in [4.69, 9.17) is 5.73 Å². The minimum absolute atomic E-state index is 0. The lowest BCUT2D eigenvalue weighted by atomic mass is 9.93. The van der Waals surface area contributed by atoms with Gasteiger partial charge in [-0.3, -0.25) is 4.79 Å². The van der Waals surface area contributed by atoms with E-state index < -0.39 is 6.04 Å². The third-order valence-electron chi connectivity index (χ3n) is 4.10. The molecule has 2 rings (SSSR count). The second-order valence-corrected chi connectivity index (χ2v) is 6.94. The Hall–Kier alpha value is -1.99. The van der Waals surface area contributed by atoms with Crippen LogP contribution in [0.4, 0.5) is 0 Å². The summed E-state index contributed by atoms with van der Waals surface area (Å²) in [5.41, 5.74) is 6.72. The summed E-state index contributed by atoms with van der Waals surface area (Å²) in [7, 11) is 1.80. The first-order valence-corrected chi connectivity index (χ1v) is 8.07. The van der Waals surface area contributed by atoms with Crippen LogP contribution in [0, 0.1) is 12.3 Å². The zero-order chi connectivity index (χ0) is 17.7. The Kier molecular flexibility index (Phi) is 7.51. The SMILES string of the molecule is Cc1nnnn1C(Cc1ccccc1)C(=O)N(C)CC(C)(C)CN.Cl. The van der Waals surface area contributed by atoms with Crippen molar-refractivity contribution < 1.29 is 4.79 Å². The second kappa shape index (κ2) is 8.92. The molecule has 0 saturated carbocycles. The summed E-state index contributed by atoms with van der Waals surface area (Å²) in [5, 5.41) is 11.6. The number of tetrazole rings is 1. The van der Waals surface area contributed by atoms with Crippen LogP contribution in [0.15, 0.2) is 30.3 Å². The van der Waals surface area contributed by atoms with Gasteiger partial charge in [-0.2, -0.15) is 0 Å². The van der Waals surface area contributed by atoms with Gasteiger partial charge in [-0.15, -0.1) is 17.5 Å². The number of likely N-dealkylation sites (N-methyl/N-ethyl adjacent to an activating group) is 1. The average molecular weight is 367 g/mol. The molecule has 2 N–H and O–H groups in total. The fourth-order valence-corrected chi connectivity index (χ4v) is 2.68. The zero-order valence-electron chi connectivity index (χ0n) is 15.2. The summed E-state index contributed by atoms with van der Waals surface area (Å²) in [6.07, 6.45) is 0.541. The van der Waals surface area contributed by atoms with Crippen molar-refractivity contribution in [3.63, 3.8) is 0 Å². The first-order valence-electron chi connectivity index (χ1n) is 8.07. The predicted molar refractivity (Wildman–Crippen MR) is 99.5 cm³/mol. The van der Waals surface area contributed by atoms with Gasteiger partial charge in [0, 0.05) is 20.0 Å². The highest BCUT2D eigenvalue weighted by molar-refractivity contribution is 5.85. The van der Waals surface area contributed by atoms with Crippen molar-refractivity contribution in [3.8, 4) is 0 Å². The van der Waals surface area contributed by atoms with Crippen LogP contribution in [-0.4, -0.2) is 51.2 Å². The first kappa shape index (κ1) is 21.1. The molecular formula is C17H27ClN6O. The molecule has 8 heteroatoms. The number of nitrogens with two attached hydrogens (primary N) is 1. The molecule has 0 bridgehead atoms. The molecular weight excluding hydrogens is 340 g/mol. The Balaban J connectivity index is 0.00000312. The Morgan fingerprint density at radius 2 is 1.96 bits per heavy atom. The number of carbonyl (C=O) groups excluding carboxylic acids is 1. The van der Waals surface area contributed by atoms with Crippen molar-refractivity contribution >= 4 is 18.3 Å². The van der Waals surface area contributed by atoms with Crippen LogP contribution in [0.5, 0.6) is 0 Å². The van der Waals surface area contributed by atoms with Crippen LogP contribution >= 0.6 is 12.4 Å². The summed E-state index contributed by atoms with van der Waals surface area (Å²) in [6.45, 7) is 6.98. The smallest absolute Gasteiger partial charge is 0.247 e. The number of hydrogen-bond acceptors (Lipinski definition) is 5. The third kappa shape index (κ3) is 5.51. The van der Waals surface area contributed by atoms with Crippen molar-refractivity contribution in [3.05, 3.63) is 41.7 Å². The fraction of sp³-hybridized carbons (Fsp3) is 0.529. The number of halogens is 1. The van der Waals surface area contributed by atoms with Crippen LogP contribution in [0.2, 0.25) is 0 Å². The fourth-order valence-electron chi connectivity index (χ4n) is 2.68. The molecule has 25 heavy (non-hydrogen) atoms. The number of nitrogens with zero attached hydrogens (tertiary/aromatic N) is 5. The topological polar surface area (TPSA) is 89.9 Å². The van der Waals surface area contributed by atoms with E-state index in [2.05, 4.69) is 15.5 Å². The Morgan fingerprint density at radius 1 is 1.32 bits per heavy atom. The van der Waals surface area contributed by atoms with E-state index in [0.29, 0.717) is 25.3 Å². The molecule has 1 aromatic heterocycles. The van der Waals surface area contributed by atoms with E-state index in [9.17, 15) is 4.79 Å². The molecule has 2 aromatic rings. The van der Waals surface area contributed by atoms with Crippen LogP contribution in [-0.2, 0) is 11.2 Å². The summed E-state index contributed by atoms with van der Waals surface area (Å²) < 4.78 is 1.60. The second-order valence-electron chi connectivity index (χ2n) is 6.94. The maximum absolute atomic E-state index is 13.1. The number of hydrogen-bond donors (Lipinski definition) is 1. The lowest BCUT2D eigenvalue weighted by molar-refractivity contribution is -0.135. The number of rotatable bonds is 7. The third-order valence-corrected chi connectivity index (χ3v) is 4.10. The number of benzene rings is 1. The maximum atomic E-state index is 13.1. The highest BCUT2D eigenvalue weighted by Gasteiger charge is 2.29. The molecule has 0 radical (unpaired) electrons. The van der Waals surface area contributed by atoms with Crippen LogP contribution in [0.3, 0.4) is 0 Å². The van der Waals surface area contributed by atoms with Gasteiger partial charge in [-0.25, -0.2) is 4.68 Å². The Bertz CT molecular complexity index is 673. The van der Waals surface area contributed by atoms with Gasteiger partial charge in [-0.1, -0.05) is 44.2 Å². The van der Waals surface area contributed by atoms with E-state index in [-0.39, 0.29) is 23.7 Å². The van der Waals surface area contributed by atoms with E-state index in [1.807, 2.05) is 44.2 Å². The Labute approximate surface area is 155 Å². The van der Waals surface area contributed by atoms with E-state index >= 15 is 0 Å². The largest absolute Gasteiger partial charge is 0.343 e. The molecule has 0 spiro atoms. The van der Waals surface area contributed by atoms with Crippen molar-refractivity contribution in [2.45, 2.75) is 33.2 Å². The molecule has 1 aromatic carbocycles. The predicted octanol–water partition coefficient (Wildman–Crippen LogP) is 1.63. The molecule has 0 aliphatic carbocycles. The normalized spacial score (nSPS) is 12.4. The van der Waals surface area contributed by atoms with Crippen molar-refractivity contribution in [1.82, 2.24) is 25.1 Å². The monoisotopic (exact) mass is 366 g/mol. The minimum atomic E-state index is -0.471. The molecule has 0 saturated heterocycles. The van der Waals surface area contributed by atoms with E-state index in [1.165, 1.54) is 0 Å². The standard InChI is InChI=1S/C17H26N6O.ClH/c1-13-19-20-21-23(13)15(10-14-8-6-5-7-9-14)16(24)22(4)12-17(2,3)11-18;/h5-9,15H,10-12,18H2,1-4H3;1H. The molecule has 1 heterocycles. The van der Waals surface area contributed by atoms with Gasteiger partial charge in [-0.05, 0) is 34.9 Å². The van der Waals surface area contributed by atoms with E-state index in [1.54, 1.807) is 23.6 Å². The van der Waals surface area contributed by atoms with Crippen LogP contribution in [0.1, 0.15) is 31.3 Å².